The summed E-state index contributed by atoms with van der Waals surface area (Å²) < 4.78 is 0. The normalized spacial score (nSPS) is 17.3. The number of benzene rings is 3. The van der Waals surface area contributed by atoms with Crippen molar-refractivity contribution < 1.29 is 0 Å². The second kappa shape index (κ2) is 13.0. The summed E-state index contributed by atoms with van der Waals surface area (Å²) in [5.41, 5.74) is 13.0. The molecule has 0 aliphatic carbocycles. The van der Waals surface area contributed by atoms with E-state index in [1.165, 1.54) is 0 Å². The molecule has 1 saturated heterocycles. The van der Waals surface area contributed by atoms with Crippen molar-refractivity contribution >= 4 is 33.9 Å². The number of hydrogen-bond donors (Lipinski definition) is 4. The summed E-state index contributed by atoms with van der Waals surface area (Å²) in [7, 11) is 0. The van der Waals surface area contributed by atoms with E-state index in [0.717, 1.165) is 53.8 Å². The van der Waals surface area contributed by atoms with Gasteiger partial charge in [-0.05, 0) is 63.8 Å². The average molecular weight is 621 g/mol. The van der Waals surface area contributed by atoms with Gasteiger partial charge in [0.25, 0.3) is 0 Å². The van der Waals surface area contributed by atoms with Crippen molar-refractivity contribution in [1.29, 1.82) is 5.26 Å². The zero-order valence-corrected chi connectivity index (χ0v) is 27.1. The molecule has 232 valence electrons. The molecule has 0 saturated carbocycles. The highest BCUT2D eigenvalue weighted by Crippen LogP contribution is 2.37. The van der Waals surface area contributed by atoms with Crippen LogP contribution in [-0.2, 0) is 0 Å². The molecule has 1 aromatic heterocycles. The number of nitriles is 1. The standard InChI is InChI=1S/C36H41ClN8/c1-24(25-11-7-5-8-12-25)40-33-27(21-38)22-39-35-30(33)19-28(20-31(35)37)41-34(26-13-9-6-10-14-26)32-23-45(43-42-32)29-15-17-44(18-16-29)36(2,3)4/h5-14,19-20,22-24,29,34,41-43H,15-18H2,1-4H3,(H,39,40)/t24-,34+/m1/s1. The Labute approximate surface area is 271 Å². The number of nitrogens with one attached hydrogen (secondary N) is 4. The molecule has 45 heavy (non-hydrogen) atoms. The Bertz CT molecular complexity index is 1700. The van der Waals surface area contributed by atoms with E-state index in [1.807, 2.05) is 36.4 Å². The van der Waals surface area contributed by atoms with E-state index in [1.54, 1.807) is 6.20 Å². The molecular formula is C36H41ClN8. The maximum Gasteiger partial charge on any atom is 0.103 e. The van der Waals surface area contributed by atoms with Gasteiger partial charge in [-0.1, -0.05) is 72.3 Å². The maximum atomic E-state index is 10.0. The predicted octanol–water partition coefficient (Wildman–Crippen LogP) is 7.52. The minimum absolute atomic E-state index is 0.0310. The molecule has 0 bridgehead atoms. The Balaban J connectivity index is 1.31. The molecule has 2 atom stereocenters. The molecule has 2 aliphatic rings. The van der Waals surface area contributed by atoms with Crippen molar-refractivity contribution in [3.05, 3.63) is 113 Å². The number of likely N-dealkylation sites (tertiary alicyclic amines) is 1. The number of pyridine rings is 1. The van der Waals surface area contributed by atoms with Gasteiger partial charge in [0.1, 0.15) is 6.07 Å². The van der Waals surface area contributed by atoms with Gasteiger partial charge >= 0.3 is 0 Å². The van der Waals surface area contributed by atoms with Gasteiger partial charge in [0.2, 0.25) is 0 Å². The van der Waals surface area contributed by atoms with Gasteiger partial charge in [0, 0.05) is 54.2 Å². The lowest BCUT2D eigenvalue weighted by molar-refractivity contribution is 0.0570. The van der Waals surface area contributed by atoms with Crippen molar-refractivity contribution in [2.24, 2.45) is 0 Å². The van der Waals surface area contributed by atoms with E-state index in [4.69, 9.17) is 11.6 Å². The second-order valence-corrected chi connectivity index (χ2v) is 13.3. The van der Waals surface area contributed by atoms with Crippen LogP contribution in [0.4, 0.5) is 11.4 Å². The maximum absolute atomic E-state index is 10.0. The number of piperidine rings is 1. The minimum atomic E-state index is -0.182. The molecule has 3 aromatic carbocycles. The first-order chi connectivity index (χ1) is 21.7. The fraction of sp³-hybridized carbons (Fsp3) is 0.333. The summed E-state index contributed by atoms with van der Waals surface area (Å²) in [6, 6.07) is 27.0. The molecule has 9 heteroatoms. The molecule has 2 aliphatic heterocycles. The lowest BCUT2D eigenvalue weighted by Gasteiger charge is -2.42. The van der Waals surface area contributed by atoms with Gasteiger partial charge in [-0.2, -0.15) is 5.26 Å². The largest absolute Gasteiger partial charge is 0.377 e. The number of hydrazine groups is 2. The summed E-state index contributed by atoms with van der Waals surface area (Å²) in [4.78, 5) is 7.13. The van der Waals surface area contributed by atoms with E-state index < -0.39 is 0 Å². The van der Waals surface area contributed by atoms with E-state index >= 15 is 0 Å². The number of hydrogen-bond acceptors (Lipinski definition) is 8. The van der Waals surface area contributed by atoms with Gasteiger partial charge < -0.3 is 16.1 Å². The third kappa shape index (κ3) is 6.71. The van der Waals surface area contributed by atoms with Crippen molar-refractivity contribution in [3.8, 4) is 6.07 Å². The van der Waals surface area contributed by atoms with E-state index in [0.29, 0.717) is 27.8 Å². The van der Waals surface area contributed by atoms with E-state index in [2.05, 4.69) is 113 Å². The topological polar surface area (TPSA) is 91.3 Å². The molecule has 3 heterocycles. The van der Waals surface area contributed by atoms with E-state index in [9.17, 15) is 5.26 Å². The molecular weight excluding hydrogens is 580 g/mol. The highest BCUT2D eigenvalue weighted by Gasteiger charge is 2.32. The number of aromatic nitrogens is 1. The first-order valence-corrected chi connectivity index (χ1v) is 16.0. The number of anilines is 2. The van der Waals surface area contributed by atoms with Crippen LogP contribution in [0.25, 0.3) is 10.9 Å². The third-order valence-electron chi connectivity index (χ3n) is 8.87. The van der Waals surface area contributed by atoms with Crippen LogP contribution < -0.4 is 21.6 Å². The Morgan fingerprint density at radius 3 is 2.29 bits per heavy atom. The van der Waals surface area contributed by atoms with Crippen molar-refractivity contribution in [1.82, 2.24) is 25.9 Å². The Kier molecular flexibility index (Phi) is 8.86. The Hall–Kier alpha value is -4.29. The fourth-order valence-corrected chi connectivity index (χ4v) is 6.55. The fourth-order valence-electron chi connectivity index (χ4n) is 6.28. The summed E-state index contributed by atoms with van der Waals surface area (Å²) in [6.45, 7) is 11.1. The van der Waals surface area contributed by atoms with E-state index in [-0.39, 0.29) is 17.6 Å². The first kappa shape index (κ1) is 30.7. The van der Waals surface area contributed by atoms with Crippen molar-refractivity contribution in [3.63, 3.8) is 0 Å². The number of nitrogens with zero attached hydrogens (tertiary/aromatic N) is 4. The van der Waals surface area contributed by atoms with Gasteiger partial charge in [-0.15, -0.1) is 5.53 Å². The SMILES string of the molecule is C[C@@H](Nc1c(C#N)cnc2c(Cl)cc(N[C@H](C3=CN(C4CCN(C(C)(C)C)CC4)NN3)c3ccccc3)cc12)c1ccccc1. The van der Waals surface area contributed by atoms with Crippen LogP contribution in [0.15, 0.2) is 90.9 Å². The molecule has 8 nitrogen and oxygen atoms in total. The molecule has 0 amide bonds. The van der Waals surface area contributed by atoms with Crippen LogP contribution in [0.5, 0.6) is 0 Å². The van der Waals surface area contributed by atoms with Crippen LogP contribution in [0.2, 0.25) is 5.02 Å². The third-order valence-corrected chi connectivity index (χ3v) is 9.16. The van der Waals surface area contributed by atoms with Crippen LogP contribution in [0.3, 0.4) is 0 Å². The Morgan fingerprint density at radius 2 is 1.64 bits per heavy atom. The van der Waals surface area contributed by atoms with Gasteiger partial charge in [0.15, 0.2) is 0 Å². The molecule has 6 rings (SSSR count). The average Bonchev–Trinajstić information content (AvgIpc) is 3.54. The van der Waals surface area contributed by atoms with Gasteiger partial charge in [0.05, 0.1) is 33.5 Å². The smallest absolute Gasteiger partial charge is 0.103 e. The molecule has 0 spiro atoms. The molecule has 1 fully saturated rings. The number of halogens is 1. The summed E-state index contributed by atoms with van der Waals surface area (Å²) in [5, 5.41) is 20.9. The van der Waals surface area contributed by atoms with Crippen LogP contribution in [-0.4, -0.2) is 39.6 Å². The summed E-state index contributed by atoms with van der Waals surface area (Å²) >= 11 is 6.87. The van der Waals surface area contributed by atoms with Gasteiger partial charge in [-0.3, -0.25) is 14.9 Å². The van der Waals surface area contributed by atoms with Crippen LogP contribution >= 0.6 is 11.6 Å². The zero-order valence-electron chi connectivity index (χ0n) is 26.3. The molecule has 4 N–H and O–H groups in total. The monoisotopic (exact) mass is 620 g/mol. The van der Waals surface area contributed by atoms with Crippen LogP contribution in [0.1, 0.15) is 69.3 Å². The summed E-state index contributed by atoms with van der Waals surface area (Å²) in [5.74, 6) is 0. The zero-order chi connectivity index (χ0) is 31.6. The summed E-state index contributed by atoms with van der Waals surface area (Å²) in [6.07, 6.45) is 5.96. The molecule has 0 radical (unpaired) electrons. The predicted molar refractivity (Wildman–Crippen MR) is 183 cm³/mol. The highest BCUT2D eigenvalue weighted by atomic mass is 35.5. The highest BCUT2D eigenvalue weighted by molar-refractivity contribution is 6.35. The number of fused-ring (bicyclic) bond motifs is 1. The number of rotatable bonds is 8. The molecule has 4 aromatic rings. The minimum Gasteiger partial charge on any atom is -0.377 e. The van der Waals surface area contributed by atoms with Gasteiger partial charge in [-0.25, -0.2) is 0 Å². The second-order valence-electron chi connectivity index (χ2n) is 12.9. The first-order valence-electron chi connectivity index (χ1n) is 15.6. The molecule has 0 unspecified atom stereocenters. The lowest BCUT2D eigenvalue weighted by atomic mass is 9.98. The van der Waals surface area contributed by atoms with Crippen molar-refractivity contribution in [2.45, 2.75) is 64.2 Å². The lowest BCUT2D eigenvalue weighted by Crippen LogP contribution is -2.52. The van der Waals surface area contributed by atoms with Crippen LogP contribution in [0, 0.1) is 11.3 Å². The quantitative estimate of drug-likeness (QED) is 0.161. The van der Waals surface area contributed by atoms with Crippen molar-refractivity contribution in [2.75, 3.05) is 23.7 Å². The Morgan fingerprint density at radius 1 is 0.978 bits per heavy atom.